The SMILES string of the molecule is CCCCN(C=O)OC(=O)CCOCCOCCN. The fraction of sp³-hybridized carbons (Fsp3) is 0.833. The predicted octanol–water partition coefficient (Wildman–Crippen LogP) is 0.0851. The van der Waals surface area contributed by atoms with Crippen LogP contribution in [-0.2, 0) is 23.9 Å². The van der Waals surface area contributed by atoms with Crippen molar-refractivity contribution in [3.63, 3.8) is 0 Å². The van der Waals surface area contributed by atoms with Gasteiger partial charge in [0.15, 0.2) is 0 Å². The number of carbonyl (C=O) groups is 2. The van der Waals surface area contributed by atoms with Gasteiger partial charge in [-0.3, -0.25) is 4.79 Å². The minimum atomic E-state index is -0.480. The van der Waals surface area contributed by atoms with Gasteiger partial charge in [-0.2, -0.15) is 5.06 Å². The molecule has 7 heteroatoms. The smallest absolute Gasteiger partial charge is 0.334 e. The summed E-state index contributed by atoms with van der Waals surface area (Å²) in [4.78, 5) is 26.8. The fourth-order valence-electron chi connectivity index (χ4n) is 1.17. The van der Waals surface area contributed by atoms with Crippen molar-refractivity contribution >= 4 is 12.4 Å². The first-order valence-electron chi connectivity index (χ1n) is 6.52. The lowest BCUT2D eigenvalue weighted by molar-refractivity contribution is -0.191. The van der Waals surface area contributed by atoms with E-state index in [1.54, 1.807) is 0 Å². The van der Waals surface area contributed by atoms with Gasteiger partial charge in [0.25, 0.3) is 0 Å². The maximum absolute atomic E-state index is 11.4. The molecule has 0 aromatic heterocycles. The number of rotatable bonds is 13. The Morgan fingerprint density at radius 1 is 1.21 bits per heavy atom. The third-order valence-electron chi connectivity index (χ3n) is 2.15. The highest BCUT2D eigenvalue weighted by atomic mass is 16.7. The normalized spacial score (nSPS) is 10.2. The summed E-state index contributed by atoms with van der Waals surface area (Å²) in [5, 5.41) is 1.01. The lowest BCUT2D eigenvalue weighted by Crippen LogP contribution is -2.27. The Bertz CT molecular complexity index is 238. The Kier molecular flexibility index (Phi) is 12.4. The molecule has 0 spiro atoms. The molecule has 0 bridgehead atoms. The molecule has 0 aliphatic carbocycles. The molecule has 112 valence electrons. The Labute approximate surface area is 113 Å². The van der Waals surface area contributed by atoms with E-state index in [2.05, 4.69) is 0 Å². The van der Waals surface area contributed by atoms with Crippen molar-refractivity contribution in [2.45, 2.75) is 26.2 Å². The van der Waals surface area contributed by atoms with Crippen molar-refractivity contribution < 1.29 is 23.9 Å². The standard InChI is InChI=1S/C12H24N2O5/c1-2-3-6-14(11-15)19-12(16)4-7-17-9-10-18-8-5-13/h11H,2-10,13H2,1H3. The van der Waals surface area contributed by atoms with Gasteiger partial charge in [-0.25, -0.2) is 4.79 Å². The van der Waals surface area contributed by atoms with E-state index < -0.39 is 5.97 Å². The van der Waals surface area contributed by atoms with Crippen molar-refractivity contribution in [1.82, 2.24) is 5.06 Å². The molecule has 1 amide bonds. The largest absolute Gasteiger partial charge is 0.378 e. The Morgan fingerprint density at radius 3 is 2.47 bits per heavy atom. The average molecular weight is 276 g/mol. The van der Waals surface area contributed by atoms with Crippen LogP contribution >= 0.6 is 0 Å². The monoisotopic (exact) mass is 276 g/mol. The van der Waals surface area contributed by atoms with Gasteiger partial charge in [-0.05, 0) is 6.42 Å². The predicted molar refractivity (Wildman–Crippen MR) is 69.1 cm³/mol. The Hall–Kier alpha value is -1.18. The van der Waals surface area contributed by atoms with Crippen LogP contribution in [0.5, 0.6) is 0 Å². The highest BCUT2D eigenvalue weighted by molar-refractivity contribution is 5.70. The number of nitrogens with zero attached hydrogens (tertiary/aromatic N) is 1. The van der Waals surface area contributed by atoms with E-state index in [0.717, 1.165) is 17.9 Å². The molecule has 0 aliphatic rings. The van der Waals surface area contributed by atoms with E-state index in [9.17, 15) is 9.59 Å². The van der Waals surface area contributed by atoms with Crippen molar-refractivity contribution in [3.8, 4) is 0 Å². The molecular formula is C12H24N2O5. The molecule has 0 radical (unpaired) electrons. The molecule has 0 fully saturated rings. The molecule has 0 atom stereocenters. The highest BCUT2D eigenvalue weighted by Crippen LogP contribution is 1.96. The number of hydrogen-bond acceptors (Lipinski definition) is 6. The number of ether oxygens (including phenoxy) is 2. The molecule has 2 N–H and O–H groups in total. The van der Waals surface area contributed by atoms with Gasteiger partial charge in [0.1, 0.15) is 0 Å². The first-order valence-corrected chi connectivity index (χ1v) is 6.52. The average Bonchev–Trinajstić information content (AvgIpc) is 2.42. The minimum absolute atomic E-state index is 0.105. The van der Waals surface area contributed by atoms with Crippen molar-refractivity contribution in [2.24, 2.45) is 5.73 Å². The first kappa shape index (κ1) is 17.8. The van der Waals surface area contributed by atoms with E-state index in [1.807, 2.05) is 6.92 Å². The van der Waals surface area contributed by atoms with Gasteiger partial charge < -0.3 is 20.0 Å². The van der Waals surface area contributed by atoms with Gasteiger partial charge in [-0.15, -0.1) is 0 Å². The quantitative estimate of drug-likeness (QED) is 0.291. The van der Waals surface area contributed by atoms with Gasteiger partial charge >= 0.3 is 5.97 Å². The van der Waals surface area contributed by atoms with E-state index in [-0.39, 0.29) is 13.0 Å². The molecular weight excluding hydrogens is 252 g/mol. The van der Waals surface area contributed by atoms with E-state index in [4.69, 9.17) is 20.0 Å². The zero-order valence-electron chi connectivity index (χ0n) is 11.5. The number of carbonyl (C=O) groups excluding carboxylic acids is 2. The number of nitrogens with two attached hydrogens (primary N) is 1. The summed E-state index contributed by atoms with van der Waals surface area (Å²) in [5.41, 5.74) is 5.24. The third-order valence-corrected chi connectivity index (χ3v) is 2.15. The molecule has 19 heavy (non-hydrogen) atoms. The van der Waals surface area contributed by atoms with Gasteiger partial charge in [-0.1, -0.05) is 13.3 Å². The molecule has 0 heterocycles. The van der Waals surface area contributed by atoms with Crippen molar-refractivity contribution in [3.05, 3.63) is 0 Å². The van der Waals surface area contributed by atoms with Gasteiger partial charge in [0.05, 0.1) is 39.4 Å². The maximum atomic E-state index is 11.4. The van der Waals surface area contributed by atoms with Crippen LogP contribution in [0.15, 0.2) is 0 Å². The number of hydrogen-bond donors (Lipinski definition) is 1. The van der Waals surface area contributed by atoms with Crippen LogP contribution in [0.25, 0.3) is 0 Å². The van der Waals surface area contributed by atoms with Crippen molar-refractivity contribution in [2.75, 3.05) is 39.5 Å². The summed E-state index contributed by atoms with van der Waals surface area (Å²) in [6.45, 7) is 4.47. The molecule has 0 unspecified atom stereocenters. The third kappa shape index (κ3) is 11.6. The van der Waals surface area contributed by atoms with Gasteiger partial charge in [0, 0.05) is 6.54 Å². The summed E-state index contributed by atoms with van der Waals surface area (Å²) in [6, 6.07) is 0. The number of amides is 1. The maximum Gasteiger partial charge on any atom is 0.334 e. The fourth-order valence-corrected chi connectivity index (χ4v) is 1.17. The first-order chi connectivity index (χ1) is 9.24. The summed E-state index contributed by atoms with van der Waals surface area (Å²) in [6.07, 6.45) is 2.33. The summed E-state index contributed by atoms with van der Waals surface area (Å²) in [5.74, 6) is -0.480. The molecule has 0 aromatic carbocycles. The topological polar surface area (TPSA) is 91.1 Å². The van der Waals surface area contributed by atoms with Crippen LogP contribution in [0.2, 0.25) is 0 Å². The minimum Gasteiger partial charge on any atom is -0.378 e. The van der Waals surface area contributed by atoms with Crippen LogP contribution in [0, 0.1) is 0 Å². The Balaban J connectivity index is 3.49. The molecule has 7 nitrogen and oxygen atoms in total. The lowest BCUT2D eigenvalue weighted by Gasteiger charge is -2.15. The van der Waals surface area contributed by atoms with E-state index in [0.29, 0.717) is 39.3 Å². The molecule has 0 rings (SSSR count). The number of unbranched alkanes of at least 4 members (excludes halogenated alkanes) is 1. The van der Waals surface area contributed by atoms with E-state index >= 15 is 0 Å². The second kappa shape index (κ2) is 13.3. The molecule has 0 saturated heterocycles. The second-order valence-electron chi connectivity index (χ2n) is 3.83. The Morgan fingerprint density at radius 2 is 1.89 bits per heavy atom. The zero-order chi connectivity index (χ0) is 14.3. The summed E-state index contributed by atoms with van der Waals surface area (Å²) >= 11 is 0. The molecule has 0 aliphatic heterocycles. The van der Waals surface area contributed by atoms with Gasteiger partial charge in [0.2, 0.25) is 6.41 Å². The summed E-state index contributed by atoms with van der Waals surface area (Å²) < 4.78 is 10.3. The second-order valence-corrected chi connectivity index (χ2v) is 3.83. The van der Waals surface area contributed by atoms with E-state index in [1.165, 1.54) is 0 Å². The lowest BCUT2D eigenvalue weighted by atomic mass is 10.3. The van der Waals surface area contributed by atoms with Crippen LogP contribution in [0.4, 0.5) is 0 Å². The van der Waals surface area contributed by atoms with Crippen molar-refractivity contribution in [1.29, 1.82) is 0 Å². The van der Waals surface area contributed by atoms with Crippen LogP contribution in [0.3, 0.4) is 0 Å². The van der Waals surface area contributed by atoms with Crippen LogP contribution in [0.1, 0.15) is 26.2 Å². The molecule has 0 saturated carbocycles. The number of hydroxylamine groups is 2. The highest BCUT2D eigenvalue weighted by Gasteiger charge is 2.09. The zero-order valence-corrected chi connectivity index (χ0v) is 11.5. The van der Waals surface area contributed by atoms with Crippen LogP contribution in [-0.4, -0.2) is 57.0 Å². The molecule has 0 aromatic rings. The van der Waals surface area contributed by atoms with Crippen LogP contribution < -0.4 is 5.73 Å². The summed E-state index contributed by atoms with van der Waals surface area (Å²) in [7, 11) is 0.